The summed E-state index contributed by atoms with van der Waals surface area (Å²) < 4.78 is 6.99. The zero-order valence-electron chi connectivity index (χ0n) is 14.5. The number of aromatic nitrogens is 1. The summed E-state index contributed by atoms with van der Waals surface area (Å²) in [6.45, 7) is 3.92. The van der Waals surface area contributed by atoms with Crippen LogP contribution in [0.3, 0.4) is 0 Å². The second kappa shape index (κ2) is 6.81. The number of hydrogen-bond acceptors (Lipinski definition) is 3. The maximum absolute atomic E-state index is 12.5. The van der Waals surface area contributed by atoms with Crippen LogP contribution in [-0.2, 0) is 11.3 Å². The number of ether oxygens (including phenoxy) is 1. The van der Waals surface area contributed by atoms with Gasteiger partial charge in [-0.15, -0.1) is 0 Å². The lowest BCUT2D eigenvalue weighted by Gasteiger charge is -2.16. The van der Waals surface area contributed by atoms with Crippen LogP contribution < -0.4 is 15.5 Å². The molecule has 0 saturated carbocycles. The van der Waals surface area contributed by atoms with Crippen LogP contribution in [0, 0.1) is 13.8 Å². The second-order valence-electron chi connectivity index (χ2n) is 5.98. The number of aryl methyl sites for hydroxylation is 2. The summed E-state index contributed by atoms with van der Waals surface area (Å²) in [5.74, 6) is 0.581. The third kappa shape index (κ3) is 3.40. The largest absolute Gasteiger partial charge is 0.497 e. The third-order valence-corrected chi connectivity index (χ3v) is 4.21. The van der Waals surface area contributed by atoms with Crippen molar-refractivity contribution in [3.05, 3.63) is 70.0 Å². The first-order valence-electron chi connectivity index (χ1n) is 8.03. The van der Waals surface area contributed by atoms with Gasteiger partial charge in [0.2, 0.25) is 5.91 Å². The molecular weight excluding hydrogens is 316 g/mol. The van der Waals surface area contributed by atoms with Crippen LogP contribution in [0.4, 0.5) is 5.69 Å². The highest BCUT2D eigenvalue weighted by molar-refractivity contribution is 5.92. The normalized spacial score (nSPS) is 10.7. The number of nitrogens with one attached hydrogen (secondary N) is 1. The van der Waals surface area contributed by atoms with Crippen molar-refractivity contribution in [1.82, 2.24) is 4.57 Å². The van der Waals surface area contributed by atoms with E-state index in [4.69, 9.17) is 4.74 Å². The van der Waals surface area contributed by atoms with Crippen molar-refractivity contribution in [3.63, 3.8) is 0 Å². The Morgan fingerprint density at radius 3 is 2.52 bits per heavy atom. The van der Waals surface area contributed by atoms with Gasteiger partial charge in [-0.05, 0) is 49.7 Å². The molecule has 3 aromatic rings. The molecule has 3 rings (SSSR count). The Morgan fingerprint density at radius 1 is 1.12 bits per heavy atom. The Bertz CT molecular complexity index is 988. The molecule has 2 aromatic carbocycles. The minimum absolute atomic E-state index is 0.0250. The lowest BCUT2D eigenvalue weighted by atomic mass is 10.1. The van der Waals surface area contributed by atoms with Crippen molar-refractivity contribution in [1.29, 1.82) is 0 Å². The number of pyridine rings is 1. The first-order valence-corrected chi connectivity index (χ1v) is 8.03. The van der Waals surface area contributed by atoms with Gasteiger partial charge < -0.3 is 14.6 Å². The monoisotopic (exact) mass is 336 g/mol. The fourth-order valence-electron chi connectivity index (χ4n) is 2.96. The van der Waals surface area contributed by atoms with Crippen LogP contribution in [-0.4, -0.2) is 17.6 Å². The van der Waals surface area contributed by atoms with Crippen molar-refractivity contribution in [2.75, 3.05) is 12.4 Å². The van der Waals surface area contributed by atoms with E-state index in [9.17, 15) is 9.59 Å². The number of para-hydroxylation sites is 1. The molecule has 1 heterocycles. The molecule has 1 amide bonds. The molecule has 0 saturated heterocycles. The average molecular weight is 336 g/mol. The van der Waals surface area contributed by atoms with E-state index in [0.717, 1.165) is 22.5 Å². The van der Waals surface area contributed by atoms with Crippen LogP contribution >= 0.6 is 0 Å². The fraction of sp³-hybridized carbons (Fsp3) is 0.200. The van der Waals surface area contributed by atoms with E-state index < -0.39 is 0 Å². The molecule has 0 unspecified atom stereocenters. The standard InChI is InChI=1S/C20H20N2O3/c1-13-5-4-6-17-18(23)11-14(2)22(20(13)17)12-19(24)21-15-7-9-16(25-3)10-8-15/h4-11H,12H2,1-3H3,(H,21,24). The molecule has 5 nitrogen and oxygen atoms in total. The van der Waals surface area contributed by atoms with Crippen molar-refractivity contribution in [2.24, 2.45) is 0 Å². The Morgan fingerprint density at radius 2 is 1.84 bits per heavy atom. The summed E-state index contributed by atoms with van der Waals surface area (Å²) in [6.07, 6.45) is 0. The molecule has 0 aliphatic heterocycles. The van der Waals surface area contributed by atoms with Crippen LogP contribution in [0.15, 0.2) is 53.3 Å². The van der Waals surface area contributed by atoms with E-state index in [1.807, 2.05) is 30.5 Å². The van der Waals surface area contributed by atoms with E-state index in [0.29, 0.717) is 11.1 Å². The van der Waals surface area contributed by atoms with Crippen LogP contribution in [0.2, 0.25) is 0 Å². The minimum atomic E-state index is -0.151. The Balaban J connectivity index is 1.92. The van der Waals surface area contributed by atoms with Gasteiger partial charge in [-0.25, -0.2) is 0 Å². The Labute approximate surface area is 145 Å². The highest BCUT2D eigenvalue weighted by Gasteiger charge is 2.12. The zero-order valence-corrected chi connectivity index (χ0v) is 14.5. The molecule has 0 aliphatic carbocycles. The highest BCUT2D eigenvalue weighted by atomic mass is 16.5. The van der Waals surface area contributed by atoms with Crippen LogP contribution in [0.5, 0.6) is 5.75 Å². The van der Waals surface area contributed by atoms with Gasteiger partial charge in [-0.3, -0.25) is 9.59 Å². The van der Waals surface area contributed by atoms with E-state index in [1.54, 1.807) is 43.5 Å². The summed E-state index contributed by atoms with van der Waals surface area (Å²) in [4.78, 5) is 24.7. The molecule has 0 atom stereocenters. The molecule has 1 N–H and O–H groups in total. The number of hydrogen-bond donors (Lipinski definition) is 1. The molecule has 128 valence electrons. The average Bonchev–Trinajstić information content (AvgIpc) is 2.59. The lowest BCUT2D eigenvalue weighted by molar-refractivity contribution is -0.116. The van der Waals surface area contributed by atoms with Gasteiger partial charge in [-0.2, -0.15) is 0 Å². The van der Waals surface area contributed by atoms with Gasteiger partial charge in [0.25, 0.3) is 0 Å². The fourth-order valence-corrected chi connectivity index (χ4v) is 2.96. The predicted molar refractivity (Wildman–Crippen MR) is 99.3 cm³/mol. The second-order valence-corrected chi connectivity index (χ2v) is 5.98. The van der Waals surface area contributed by atoms with Gasteiger partial charge in [-0.1, -0.05) is 12.1 Å². The van der Waals surface area contributed by atoms with Crippen molar-refractivity contribution in [3.8, 4) is 5.75 Å². The number of amides is 1. The summed E-state index contributed by atoms with van der Waals surface area (Å²) in [5, 5.41) is 3.50. The number of benzene rings is 2. The summed E-state index contributed by atoms with van der Waals surface area (Å²) in [5.41, 5.74) is 3.21. The number of carbonyl (C=O) groups excluding carboxylic acids is 1. The molecule has 0 bridgehead atoms. The first-order chi connectivity index (χ1) is 12.0. The smallest absolute Gasteiger partial charge is 0.244 e. The molecule has 25 heavy (non-hydrogen) atoms. The van der Waals surface area contributed by atoms with Crippen LogP contribution in [0.1, 0.15) is 11.3 Å². The van der Waals surface area contributed by atoms with Gasteiger partial charge in [0, 0.05) is 22.8 Å². The molecule has 0 spiro atoms. The van der Waals surface area contributed by atoms with Gasteiger partial charge >= 0.3 is 0 Å². The molecular formula is C20H20N2O3. The summed E-state index contributed by atoms with van der Waals surface area (Å²) in [6, 6.07) is 14.3. The Hall–Kier alpha value is -3.08. The maximum Gasteiger partial charge on any atom is 0.244 e. The van der Waals surface area contributed by atoms with Gasteiger partial charge in [0.05, 0.1) is 12.6 Å². The summed E-state index contributed by atoms with van der Waals surface area (Å²) in [7, 11) is 1.60. The lowest BCUT2D eigenvalue weighted by Crippen LogP contribution is -2.22. The van der Waals surface area contributed by atoms with E-state index >= 15 is 0 Å². The minimum Gasteiger partial charge on any atom is -0.497 e. The van der Waals surface area contributed by atoms with E-state index in [2.05, 4.69) is 5.32 Å². The van der Waals surface area contributed by atoms with Gasteiger partial charge in [0.15, 0.2) is 5.43 Å². The Kier molecular flexibility index (Phi) is 4.57. The number of rotatable bonds is 4. The number of carbonyl (C=O) groups is 1. The number of anilines is 1. The molecule has 0 fully saturated rings. The molecule has 0 radical (unpaired) electrons. The predicted octanol–water partition coefficient (Wildman–Crippen LogP) is 3.27. The molecule has 1 aromatic heterocycles. The van der Waals surface area contributed by atoms with Gasteiger partial charge in [0.1, 0.15) is 12.3 Å². The highest BCUT2D eigenvalue weighted by Crippen LogP contribution is 2.18. The quantitative estimate of drug-likeness (QED) is 0.795. The van der Waals surface area contributed by atoms with Crippen molar-refractivity contribution >= 4 is 22.5 Å². The maximum atomic E-state index is 12.5. The third-order valence-electron chi connectivity index (χ3n) is 4.21. The topological polar surface area (TPSA) is 60.3 Å². The molecule has 0 aliphatic rings. The van der Waals surface area contributed by atoms with E-state index in [-0.39, 0.29) is 17.9 Å². The zero-order chi connectivity index (χ0) is 18.0. The number of methoxy groups -OCH3 is 1. The van der Waals surface area contributed by atoms with Crippen molar-refractivity contribution in [2.45, 2.75) is 20.4 Å². The number of fused-ring (bicyclic) bond motifs is 1. The first kappa shape index (κ1) is 16.8. The number of nitrogens with zero attached hydrogens (tertiary/aromatic N) is 1. The van der Waals surface area contributed by atoms with Crippen molar-refractivity contribution < 1.29 is 9.53 Å². The van der Waals surface area contributed by atoms with Crippen LogP contribution in [0.25, 0.3) is 10.9 Å². The van der Waals surface area contributed by atoms with E-state index in [1.165, 1.54) is 0 Å². The molecule has 5 heteroatoms. The summed E-state index contributed by atoms with van der Waals surface area (Å²) >= 11 is 0. The SMILES string of the molecule is COc1ccc(NC(=O)Cn2c(C)cc(=O)c3cccc(C)c32)cc1.